The van der Waals surface area contributed by atoms with Gasteiger partial charge in [-0.1, -0.05) is 18.2 Å². The Morgan fingerprint density at radius 1 is 1.33 bits per heavy atom. The second-order valence-electron chi connectivity index (χ2n) is 6.66. The van der Waals surface area contributed by atoms with Gasteiger partial charge >= 0.3 is 0 Å². The molecule has 0 radical (unpaired) electrons. The summed E-state index contributed by atoms with van der Waals surface area (Å²) in [6.45, 7) is 5.04. The molecule has 1 aromatic carbocycles. The summed E-state index contributed by atoms with van der Waals surface area (Å²) < 4.78 is 6.82. The quantitative estimate of drug-likeness (QED) is 0.535. The second kappa shape index (κ2) is 8.45. The third-order valence-electron chi connectivity index (χ3n) is 4.34. The highest BCUT2D eigenvalue weighted by atomic mass is 32.1. The monoisotopic (exact) mass is 389 g/mol. The number of benzene rings is 1. The maximum Gasteiger partial charge on any atom is 0.290 e. The smallest absolute Gasteiger partial charge is 0.290 e. The van der Waals surface area contributed by atoms with Gasteiger partial charge in [0.2, 0.25) is 0 Å². The predicted octanol–water partition coefficient (Wildman–Crippen LogP) is 1.27. The van der Waals surface area contributed by atoms with Gasteiger partial charge in [0.25, 0.3) is 11.5 Å². The number of hydrazine groups is 1. The molecule has 1 amide bonds. The van der Waals surface area contributed by atoms with Crippen molar-refractivity contribution in [2.75, 3.05) is 13.2 Å². The van der Waals surface area contributed by atoms with Crippen molar-refractivity contribution >= 4 is 34.0 Å². The van der Waals surface area contributed by atoms with Crippen LogP contribution in [0.15, 0.2) is 29.1 Å². The van der Waals surface area contributed by atoms with E-state index < -0.39 is 5.91 Å². The van der Waals surface area contributed by atoms with Gasteiger partial charge in [0.1, 0.15) is 0 Å². The topological polar surface area (TPSA) is 97.3 Å². The van der Waals surface area contributed by atoms with E-state index in [2.05, 4.69) is 21.3 Å². The first-order valence-electron chi connectivity index (χ1n) is 8.94. The summed E-state index contributed by atoms with van der Waals surface area (Å²) in [6.07, 6.45) is 2.18. The second-order valence-corrected chi connectivity index (χ2v) is 7.07. The van der Waals surface area contributed by atoms with E-state index in [0.717, 1.165) is 19.4 Å². The number of carbonyl (C=O) groups excluding carboxylic acids is 1. The van der Waals surface area contributed by atoms with Crippen LogP contribution in [0.25, 0.3) is 10.8 Å². The first kappa shape index (κ1) is 19.2. The Bertz CT molecular complexity index is 905. The average molecular weight is 389 g/mol. The lowest BCUT2D eigenvalue weighted by molar-refractivity contribution is 0.0937. The van der Waals surface area contributed by atoms with E-state index in [4.69, 9.17) is 17.0 Å². The number of hydrogen-bond donors (Lipinski definition) is 3. The molecule has 27 heavy (non-hydrogen) atoms. The van der Waals surface area contributed by atoms with Crippen LogP contribution in [0.2, 0.25) is 0 Å². The minimum Gasteiger partial charge on any atom is -0.376 e. The lowest BCUT2D eigenvalue weighted by Crippen LogP contribution is -2.48. The van der Waals surface area contributed by atoms with E-state index in [-0.39, 0.29) is 23.4 Å². The van der Waals surface area contributed by atoms with Crippen LogP contribution in [0.4, 0.5) is 0 Å². The molecular weight excluding hydrogens is 366 g/mol. The molecule has 0 unspecified atom stereocenters. The number of hydrogen-bond acceptors (Lipinski definition) is 5. The molecule has 2 aromatic rings. The molecule has 144 valence electrons. The number of carbonyl (C=O) groups is 1. The molecule has 0 spiro atoms. The Morgan fingerprint density at radius 2 is 2.07 bits per heavy atom. The molecular formula is C18H23N5O3S. The van der Waals surface area contributed by atoms with Crippen molar-refractivity contribution in [3.8, 4) is 0 Å². The molecule has 1 aliphatic rings. The van der Waals surface area contributed by atoms with E-state index >= 15 is 0 Å². The molecule has 1 fully saturated rings. The summed E-state index contributed by atoms with van der Waals surface area (Å²) in [7, 11) is 0. The molecule has 1 aliphatic heterocycles. The zero-order valence-corrected chi connectivity index (χ0v) is 16.1. The van der Waals surface area contributed by atoms with E-state index in [9.17, 15) is 9.59 Å². The minimum absolute atomic E-state index is 0.140. The van der Waals surface area contributed by atoms with E-state index in [1.807, 2.05) is 13.8 Å². The highest BCUT2D eigenvalue weighted by Gasteiger charge is 2.18. The Kier molecular flexibility index (Phi) is 6.02. The maximum absolute atomic E-state index is 12.6. The van der Waals surface area contributed by atoms with E-state index in [1.54, 1.807) is 24.3 Å². The number of thiocarbonyl (C=S) groups is 1. The van der Waals surface area contributed by atoms with Gasteiger partial charge < -0.3 is 10.1 Å². The summed E-state index contributed by atoms with van der Waals surface area (Å²) in [5.74, 6) is -0.470. The van der Waals surface area contributed by atoms with E-state index in [0.29, 0.717) is 22.4 Å². The summed E-state index contributed by atoms with van der Waals surface area (Å²) in [5.41, 5.74) is 5.15. The van der Waals surface area contributed by atoms with Gasteiger partial charge in [-0.25, -0.2) is 4.68 Å². The van der Waals surface area contributed by atoms with Crippen LogP contribution >= 0.6 is 12.2 Å². The zero-order chi connectivity index (χ0) is 19.4. The van der Waals surface area contributed by atoms with Crippen LogP contribution in [0.1, 0.15) is 43.2 Å². The Balaban J connectivity index is 1.72. The summed E-state index contributed by atoms with van der Waals surface area (Å²) >= 11 is 5.17. The lowest BCUT2D eigenvalue weighted by Gasteiger charge is -2.16. The van der Waals surface area contributed by atoms with Crippen LogP contribution in [0.3, 0.4) is 0 Å². The average Bonchev–Trinajstić information content (AvgIpc) is 3.18. The minimum atomic E-state index is -0.470. The van der Waals surface area contributed by atoms with Crippen LogP contribution in [-0.4, -0.2) is 40.1 Å². The van der Waals surface area contributed by atoms with Gasteiger partial charge in [0.05, 0.1) is 17.5 Å². The van der Waals surface area contributed by atoms with Crippen LogP contribution in [0, 0.1) is 0 Å². The van der Waals surface area contributed by atoms with Gasteiger partial charge in [-0.2, -0.15) is 5.10 Å². The number of aromatic nitrogens is 2. The molecule has 0 aliphatic carbocycles. The molecule has 0 bridgehead atoms. The maximum atomic E-state index is 12.6. The van der Waals surface area contributed by atoms with Gasteiger partial charge in [0.15, 0.2) is 10.8 Å². The lowest BCUT2D eigenvalue weighted by atomic mass is 10.1. The third-order valence-corrected chi connectivity index (χ3v) is 4.58. The molecule has 1 atom stereocenters. The number of nitrogens with zero attached hydrogens (tertiary/aromatic N) is 2. The fourth-order valence-electron chi connectivity index (χ4n) is 2.95. The molecule has 3 rings (SSSR count). The largest absolute Gasteiger partial charge is 0.376 e. The van der Waals surface area contributed by atoms with Crippen LogP contribution < -0.4 is 21.7 Å². The Hall–Kier alpha value is -2.52. The van der Waals surface area contributed by atoms with Crippen molar-refractivity contribution in [1.82, 2.24) is 25.9 Å². The Morgan fingerprint density at radius 3 is 2.74 bits per heavy atom. The van der Waals surface area contributed by atoms with Gasteiger partial charge in [-0.15, -0.1) is 0 Å². The molecule has 1 aromatic heterocycles. The van der Waals surface area contributed by atoms with Crippen LogP contribution in [-0.2, 0) is 4.74 Å². The standard InChI is InChI=1S/C18H23N5O3S/c1-11(2)23-17(25)14-8-4-3-7-13(14)15(22-23)16(24)20-21-18(27)19-10-12-6-5-9-26-12/h3-4,7-8,11-12H,5-6,9-10H2,1-2H3,(H,20,24)(H2,19,21,27)/t12-/m1/s1. The predicted molar refractivity (Wildman–Crippen MR) is 107 cm³/mol. The molecule has 8 nitrogen and oxygen atoms in total. The van der Waals surface area contributed by atoms with Gasteiger partial charge in [-0.3, -0.25) is 20.4 Å². The molecule has 0 saturated carbocycles. The summed E-state index contributed by atoms with van der Waals surface area (Å²) in [6, 6.07) is 6.75. The molecule has 3 N–H and O–H groups in total. The molecule has 9 heteroatoms. The van der Waals surface area contributed by atoms with Crippen molar-refractivity contribution < 1.29 is 9.53 Å². The van der Waals surface area contributed by atoms with Crippen molar-refractivity contribution in [1.29, 1.82) is 0 Å². The highest BCUT2D eigenvalue weighted by molar-refractivity contribution is 7.80. The number of rotatable bonds is 4. The van der Waals surface area contributed by atoms with Crippen molar-refractivity contribution in [3.63, 3.8) is 0 Å². The summed E-state index contributed by atoms with van der Waals surface area (Å²) in [4.78, 5) is 25.2. The molecule has 2 heterocycles. The van der Waals surface area contributed by atoms with Gasteiger partial charge in [0, 0.05) is 18.5 Å². The molecule has 1 saturated heterocycles. The zero-order valence-electron chi connectivity index (χ0n) is 15.3. The first-order chi connectivity index (χ1) is 13.0. The highest BCUT2D eigenvalue weighted by Crippen LogP contribution is 2.14. The fraction of sp³-hybridized carbons (Fsp3) is 0.444. The third kappa shape index (κ3) is 4.42. The number of amides is 1. The van der Waals surface area contributed by atoms with E-state index in [1.165, 1.54) is 4.68 Å². The van der Waals surface area contributed by atoms with Gasteiger partial charge in [-0.05, 0) is 45.0 Å². The number of nitrogens with one attached hydrogen (secondary N) is 3. The number of ether oxygens (including phenoxy) is 1. The Labute approximate surface area is 162 Å². The van der Waals surface area contributed by atoms with Crippen molar-refractivity contribution in [3.05, 3.63) is 40.3 Å². The van der Waals surface area contributed by atoms with Crippen molar-refractivity contribution in [2.45, 2.75) is 38.8 Å². The summed E-state index contributed by atoms with van der Waals surface area (Å²) in [5, 5.41) is 8.51. The van der Waals surface area contributed by atoms with Crippen molar-refractivity contribution in [2.24, 2.45) is 0 Å². The number of fused-ring (bicyclic) bond motifs is 1. The fourth-order valence-corrected chi connectivity index (χ4v) is 3.09. The van der Waals surface area contributed by atoms with Crippen LogP contribution in [0.5, 0.6) is 0 Å². The SMILES string of the molecule is CC(C)n1nc(C(=O)NNC(=S)NC[C@H]2CCCO2)c2ccccc2c1=O. The first-order valence-corrected chi connectivity index (χ1v) is 9.35. The normalized spacial score (nSPS) is 16.5.